The van der Waals surface area contributed by atoms with Crippen molar-refractivity contribution in [2.24, 2.45) is 0 Å². The molecule has 1 aromatic carbocycles. The number of hydrogen-bond donors (Lipinski definition) is 0. The molecule has 0 aliphatic carbocycles. The van der Waals surface area contributed by atoms with E-state index in [9.17, 15) is 4.57 Å². The van der Waals surface area contributed by atoms with Gasteiger partial charge in [0.05, 0.1) is 5.02 Å². The Labute approximate surface area is 82.2 Å². The van der Waals surface area contributed by atoms with Crippen LogP contribution in [-0.2, 0) is 9.09 Å². The summed E-state index contributed by atoms with van der Waals surface area (Å²) in [5.74, 6) is 0.372. The van der Waals surface area contributed by atoms with Gasteiger partial charge in [-0.05, 0) is 12.1 Å². The maximum absolute atomic E-state index is 11.4. The molecule has 72 valence electrons. The molecule has 1 aromatic rings. The first-order chi connectivity index (χ1) is 6.05. The average Bonchev–Trinajstić information content (AvgIpc) is 2.09. The molecular formula is C8H10ClO3P. The van der Waals surface area contributed by atoms with E-state index in [-0.39, 0.29) is 0 Å². The molecule has 0 saturated carbocycles. The minimum atomic E-state index is -3.01. The molecule has 1 atom stereocenters. The number of halogens is 1. The Bertz CT molecular complexity index is 340. The van der Waals surface area contributed by atoms with E-state index in [1.165, 1.54) is 13.8 Å². The van der Waals surface area contributed by atoms with E-state index in [0.29, 0.717) is 10.8 Å². The fourth-order valence-corrected chi connectivity index (χ4v) is 1.55. The largest absolute Gasteiger partial charge is 0.423 e. The van der Waals surface area contributed by atoms with E-state index in [1.807, 2.05) is 0 Å². The van der Waals surface area contributed by atoms with Crippen molar-refractivity contribution in [1.82, 2.24) is 0 Å². The maximum Gasteiger partial charge on any atom is 0.375 e. The van der Waals surface area contributed by atoms with Crippen LogP contribution in [-0.4, -0.2) is 13.8 Å². The molecule has 0 fully saturated rings. The second-order valence-corrected chi connectivity index (χ2v) is 4.97. The van der Waals surface area contributed by atoms with Gasteiger partial charge in [0.2, 0.25) is 0 Å². The predicted octanol–water partition coefficient (Wildman–Crippen LogP) is 3.19. The number of benzene rings is 1. The SMILES string of the molecule is COP(C)(=O)Oc1ccccc1Cl. The Morgan fingerprint density at radius 1 is 1.38 bits per heavy atom. The van der Waals surface area contributed by atoms with Gasteiger partial charge < -0.3 is 9.05 Å². The minimum Gasteiger partial charge on any atom is -0.423 e. The standard InChI is InChI=1S/C8H10ClO3P/c1-11-13(2,10)12-8-6-4-3-5-7(8)9/h3-6H,1-2H3. The third-order valence-corrected chi connectivity index (χ3v) is 2.94. The molecule has 1 rings (SSSR count). The fraction of sp³-hybridized carbons (Fsp3) is 0.250. The van der Waals surface area contributed by atoms with Gasteiger partial charge in [-0.1, -0.05) is 23.7 Å². The van der Waals surface area contributed by atoms with Gasteiger partial charge in [-0.3, -0.25) is 0 Å². The number of hydrogen-bond acceptors (Lipinski definition) is 3. The Kier molecular flexibility index (Phi) is 3.37. The monoisotopic (exact) mass is 220 g/mol. The van der Waals surface area contributed by atoms with E-state index in [0.717, 1.165) is 0 Å². The summed E-state index contributed by atoms with van der Waals surface area (Å²) in [6.07, 6.45) is 0. The number of para-hydroxylation sites is 1. The first kappa shape index (κ1) is 10.6. The highest BCUT2D eigenvalue weighted by atomic mass is 35.5. The lowest BCUT2D eigenvalue weighted by molar-refractivity contribution is 0.328. The number of rotatable bonds is 3. The Hall–Kier alpha value is -0.500. The van der Waals surface area contributed by atoms with Crippen LogP contribution in [0.1, 0.15) is 0 Å². The lowest BCUT2D eigenvalue weighted by Gasteiger charge is -2.13. The van der Waals surface area contributed by atoms with Gasteiger partial charge in [0.1, 0.15) is 5.75 Å². The van der Waals surface area contributed by atoms with Crippen molar-refractivity contribution < 1.29 is 13.6 Å². The summed E-state index contributed by atoms with van der Waals surface area (Å²) in [7, 11) is -1.68. The van der Waals surface area contributed by atoms with Gasteiger partial charge in [-0.2, -0.15) is 0 Å². The smallest absolute Gasteiger partial charge is 0.375 e. The highest BCUT2D eigenvalue weighted by Gasteiger charge is 2.17. The highest BCUT2D eigenvalue weighted by molar-refractivity contribution is 7.53. The molecule has 0 amide bonds. The lowest BCUT2D eigenvalue weighted by Crippen LogP contribution is -1.93. The van der Waals surface area contributed by atoms with Crippen LogP contribution >= 0.6 is 19.2 Å². The fourth-order valence-electron chi connectivity index (χ4n) is 0.735. The normalized spacial score (nSPS) is 15.0. The van der Waals surface area contributed by atoms with Crippen LogP contribution in [0, 0.1) is 0 Å². The van der Waals surface area contributed by atoms with E-state index < -0.39 is 7.60 Å². The highest BCUT2D eigenvalue weighted by Crippen LogP contribution is 2.45. The van der Waals surface area contributed by atoms with Crippen LogP contribution in [0.4, 0.5) is 0 Å². The third-order valence-electron chi connectivity index (χ3n) is 1.43. The molecule has 0 aromatic heterocycles. The molecular weight excluding hydrogens is 211 g/mol. The van der Waals surface area contributed by atoms with Crippen molar-refractivity contribution in [2.45, 2.75) is 0 Å². The molecule has 0 aliphatic rings. The molecule has 0 bridgehead atoms. The molecule has 0 radical (unpaired) electrons. The predicted molar refractivity (Wildman–Crippen MR) is 52.6 cm³/mol. The Balaban J connectivity index is 2.86. The quantitative estimate of drug-likeness (QED) is 0.734. The zero-order valence-corrected chi connectivity index (χ0v) is 9.01. The van der Waals surface area contributed by atoms with Gasteiger partial charge in [0, 0.05) is 13.8 Å². The molecule has 13 heavy (non-hydrogen) atoms. The molecule has 3 nitrogen and oxygen atoms in total. The van der Waals surface area contributed by atoms with Crippen LogP contribution in [0.3, 0.4) is 0 Å². The zero-order chi connectivity index (χ0) is 9.90. The van der Waals surface area contributed by atoms with Crippen molar-refractivity contribution in [3.8, 4) is 5.75 Å². The van der Waals surface area contributed by atoms with E-state index >= 15 is 0 Å². The first-order valence-electron chi connectivity index (χ1n) is 3.62. The molecule has 1 unspecified atom stereocenters. The van der Waals surface area contributed by atoms with Crippen molar-refractivity contribution in [3.63, 3.8) is 0 Å². The summed E-state index contributed by atoms with van der Waals surface area (Å²) in [4.78, 5) is 0. The average molecular weight is 221 g/mol. The van der Waals surface area contributed by atoms with Gasteiger partial charge >= 0.3 is 7.60 Å². The Morgan fingerprint density at radius 2 is 2.00 bits per heavy atom. The second kappa shape index (κ2) is 4.14. The topological polar surface area (TPSA) is 35.5 Å². The van der Waals surface area contributed by atoms with Crippen molar-refractivity contribution >= 4 is 19.2 Å². The summed E-state index contributed by atoms with van der Waals surface area (Å²) >= 11 is 5.79. The molecule has 0 saturated heterocycles. The van der Waals surface area contributed by atoms with E-state index in [1.54, 1.807) is 24.3 Å². The van der Waals surface area contributed by atoms with Crippen LogP contribution in [0.2, 0.25) is 5.02 Å². The van der Waals surface area contributed by atoms with Crippen LogP contribution in [0.5, 0.6) is 5.75 Å². The summed E-state index contributed by atoms with van der Waals surface area (Å²) in [6.45, 7) is 1.39. The van der Waals surface area contributed by atoms with Gasteiger partial charge in [0.15, 0.2) is 0 Å². The molecule has 0 aliphatic heterocycles. The van der Waals surface area contributed by atoms with Crippen molar-refractivity contribution in [1.29, 1.82) is 0 Å². The molecule has 5 heteroatoms. The molecule has 0 N–H and O–H groups in total. The summed E-state index contributed by atoms with van der Waals surface area (Å²) in [5.41, 5.74) is 0. The van der Waals surface area contributed by atoms with E-state index in [4.69, 9.17) is 16.1 Å². The van der Waals surface area contributed by atoms with Crippen LogP contribution in [0.15, 0.2) is 24.3 Å². The van der Waals surface area contributed by atoms with Crippen LogP contribution < -0.4 is 4.52 Å². The van der Waals surface area contributed by atoms with Crippen LogP contribution in [0.25, 0.3) is 0 Å². The minimum absolute atomic E-state index is 0.372. The first-order valence-corrected chi connectivity index (χ1v) is 5.99. The van der Waals surface area contributed by atoms with Gasteiger partial charge in [-0.15, -0.1) is 0 Å². The Morgan fingerprint density at radius 3 is 2.54 bits per heavy atom. The maximum atomic E-state index is 11.4. The summed E-state index contributed by atoms with van der Waals surface area (Å²) < 4.78 is 21.2. The third kappa shape index (κ3) is 3.03. The van der Waals surface area contributed by atoms with E-state index in [2.05, 4.69) is 4.52 Å². The van der Waals surface area contributed by atoms with Gasteiger partial charge in [0.25, 0.3) is 0 Å². The van der Waals surface area contributed by atoms with Gasteiger partial charge in [-0.25, -0.2) is 4.57 Å². The molecule has 0 heterocycles. The summed E-state index contributed by atoms with van der Waals surface area (Å²) in [5, 5.41) is 0.418. The second-order valence-electron chi connectivity index (χ2n) is 2.48. The van der Waals surface area contributed by atoms with Crippen molar-refractivity contribution in [3.05, 3.63) is 29.3 Å². The molecule has 0 spiro atoms. The lowest BCUT2D eigenvalue weighted by atomic mass is 10.3. The summed E-state index contributed by atoms with van der Waals surface area (Å²) in [6, 6.07) is 6.81. The van der Waals surface area contributed by atoms with Crippen molar-refractivity contribution in [2.75, 3.05) is 13.8 Å². The zero-order valence-electron chi connectivity index (χ0n) is 7.36.